The van der Waals surface area contributed by atoms with Crippen molar-refractivity contribution in [3.63, 3.8) is 0 Å². The molecular formula is C19H24ClN3O. The highest BCUT2D eigenvalue weighted by Gasteiger charge is 2.35. The van der Waals surface area contributed by atoms with Crippen LogP contribution in [0, 0.1) is 5.41 Å². The molecule has 0 radical (unpaired) electrons. The summed E-state index contributed by atoms with van der Waals surface area (Å²) in [5.74, 6) is 0.0706. The molecule has 24 heavy (non-hydrogen) atoms. The number of amides is 1. The van der Waals surface area contributed by atoms with Crippen LogP contribution in [-0.2, 0) is 0 Å². The van der Waals surface area contributed by atoms with Crippen LogP contribution < -0.4 is 11.1 Å². The van der Waals surface area contributed by atoms with Gasteiger partial charge in [-0.3, -0.25) is 4.79 Å². The number of carbonyl (C=O) groups is 1. The van der Waals surface area contributed by atoms with E-state index in [4.69, 9.17) is 5.73 Å². The lowest BCUT2D eigenvalue weighted by Crippen LogP contribution is -2.34. The maximum Gasteiger partial charge on any atom is 0.255 e. The average Bonchev–Trinajstić information content (AvgIpc) is 2.99. The number of benzene rings is 2. The van der Waals surface area contributed by atoms with Crippen molar-refractivity contribution in [2.45, 2.75) is 13.3 Å². The summed E-state index contributed by atoms with van der Waals surface area (Å²) in [5, 5.41) is 3.34. The molecule has 1 unspecified atom stereocenters. The summed E-state index contributed by atoms with van der Waals surface area (Å²) >= 11 is 0. The van der Waals surface area contributed by atoms with Gasteiger partial charge in [-0.05, 0) is 42.6 Å². The third kappa shape index (κ3) is 3.89. The van der Waals surface area contributed by atoms with E-state index in [9.17, 15) is 4.79 Å². The second-order valence-electron chi connectivity index (χ2n) is 6.53. The fourth-order valence-electron chi connectivity index (χ4n) is 2.99. The predicted octanol–water partition coefficient (Wildman–Crippen LogP) is 3.66. The Labute approximate surface area is 149 Å². The Balaban J connectivity index is 0.00000208. The van der Waals surface area contributed by atoms with Crippen LogP contribution in [0.25, 0.3) is 0 Å². The van der Waals surface area contributed by atoms with Gasteiger partial charge in [0.2, 0.25) is 0 Å². The van der Waals surface area contributed by atoms with Crippen molar-refractivity contribution in [1.29, 1.82) is 0 Å². The molecule has 0 spiro atoms. The van der Waals surface area contributed by atoms with Crippen LogP contribution in [0.3, 0.4) is 0 Å². The van der Waals surface area contributed by atoms with E-state index in [-0.39, 0.29) is 23.7 Å². The monoisotopic (exact) mass is 345 g/mol. The number of nitrogens with zero attached hydrogens (tertiary/aromatic N) is 1. The molecule has 0 aliphatic carbocycles. The van der Waals surface area contributed by atoms with Crippen molar-refractivity contribution in [1.82, 2.24) is 4.90 Å². The molecule has 1 amide bonds. The van der Waals surface area contributed by atoms with Gasteiger partial charge < -0.3 is 16.0 Å². The van der Waals surface area contributed by atoms with E-state index in [1.807, 2.05) is 59.5 Å². The molecule has 2 aromatic carbocycles. The summed E-state index contributed by atoms with van der Waals surface area (Å²) in [6, 6.07) is 17.6. The molecule has 1 aliphatic rings. The first-order valence-electron chi connectivity index (χ1n) is 8.02. The van der Waals surface area contributed by atoms with Gasteiger partial charge in [0, 0.05) is 18.8 Å². The number of nitrogens with one attached hydrogen (secondary N) is 1. The quantitative estimate of drug-likeness (QED) is 0.889. The van der Waals surface area contributed by atoms with Gasteiger partial charge in [0.25, 0.3) is 5.91 Å². The molecule has 3 N–H and O–H groups in total. The van der Waals surface area contributed by atoms with E-state index in [1.165, 1.54) is 0 Å². The van der Waals surface area contributed by atoms with Gasteiger partial charge in [0.15, 0.2) is 0 Å². The molecule has 0 bridgehead atoms. The van der Waals surface area contributed by atoms with Crippen molar-refractivity contribution in [3.8, 4) is 0 Å². The summed E-state index contributed by atoms with van der Waals surface area (Å²) < 4.78 is 0. The average molecular weight is 346 g/mol. The fraction of sp³-hybridized carbons (Fsp3) is 0.316. The molecule has 1 atom stereocenters. The summed E-state index contributed by atoms with van der Waals surface area (Å²) in [5.41, 5.74) is 8.41. The number of nitrogens with two attached hydrogens (primary N) is 1. The zero-order chi connectivity index (χ0) is 16.3. The van der Waals surface area contributed by atoms with Gasteiger partial charge in [0.05, 0.1) is 11.3 Å². The van der Waals surface area contributed by atoms with Crippen LogP contribution in [0.5, 0.6) is 0 Å². The van der Waals surface area contributed by atoms with E-state index >= 15 is 0 Å². The van der Waals surface area contributed by atoms with Crippen molar-refractivity contribution < 1.29 is 4.79 Å². The minimum Gasteiger partial charge on any atom is -0.355 e. The Morgan fingerprint density at radius 2 is 1.83 bits per heavy atom. The fourth-order valence-corrected chi connectivity index (χ4v) is 2.99. The van der Waals surface area contributed by atoms with Crippen LogP contribution in [-0.4, -0.2) is 30.4 Å². The number of anilines is 2. The maximum atomic E-state index is 12.9. The lowest BCUT2D eigenvalue weighted by Gasteiger charge is -2.23. The van der Waals surface area contributed by atoms with E-state index in [2.05, 4.69) is 12.2 Å². The van der Waals surface area contributed by atoms with Crippen molar-refractivity contribution in [3.05, 3.63) is 60.2 Å². The number of rotatable bonds is 4. The molecule has 3 rings (SSSR count). The number of hydrogen-bond acceptors (Lipinski definition) is 3. The van der Waals surface area contributed by atoms with E-state index in [1.54, 1.807) is 0 Å². The SMILES string of the molecule is CC1(CN)CCN(C(=O)c2ccccc2Nc2ccccc2)C1.Cl. The lowest BCUT2D eigenvalue weighted by atomic mass is 9.90. The predicted molar refractivity (Wildman–Crippen MR) is 101 cm³/mol. The Kier molecular flexibility index (Phi) is 5.86. The maximum absolute atomic E-state index is 12.9. The molecule has 1 heterocycles. The molecule has 0 saturated carbocycles. The highest BCUT2D eigenvalue weighted by molar-refractivity contribution is 6.00. The van der Waals surface area contributed by atoms with E-state index in [0.717, 1.165) is 30.9 Å². The first-order valence-corrected chi connectivity index (χ1v) is 8.02. The molecule has 0 aromatic heterocycles. The van der Waals surface area contributed by atoms with Crippen molar-refractivity contribution >= 4 is 29.7 Å². The van der Waals surface area contributed by atoms with Gasteiger partial charge in [0.1, 0.15) is 0 Å². The summed E-state index contributed by atoms with van der Waals surface area (Å²) in [7, 11) is 0. The van der Waals surface area contributed by atoms with Crippen LogP contribution in [0.2, 0.25) is 0 Å². The topological polar surface area (TPSA) is 58.4 Å². The lowest BCUT2D eigenvalue weighted by molar-refractivity contribution is 0.0778. The van der Waals surface area contributed by atoms with Crippen LogP contribution in [0.1, 0.15) is 23.7 Å². The number of para-hydroxylation sites is 2. The van der Waals surface area contributed by atoms with E-state index in [0.29, 0.717) is 12.1 Å². The minimum absolute atomic E-state index is 0. The van der Waals surface area contributed by atoms with Gasteiger partial charge in [-0.15, -0.1) is 12.4 Å². The molecule has 1 saturated heterocycles. The Bertz CT molecular complexity index is 692. The van der Waals surface area contributed by atoms with Crippen molar-refractivity contribution in [2.24, 2.45) is 11.1 Å². The molecule has 2 aromatic rings. The summed E-state index contributed by atoms with van der Waals surface area (Å²) in [4.78, 5) is 14.8. The van der Waals surface area contributed by atoms with Crippen LogP contribution >= 0.6 is 12.4 Å². The highest BCUT2D eigenvalue weighted by Crippen LogP contribution is 2.31. The van der Waals surface area contributed by atoms with Crippen LogP contribution in [0.15, 0.2) is 54.6 Å². The summed E-state index contributed by atoms with van der Waals surface area (Å²) in [6.45, 7) is 4.25. The van der Waals surface area contributed by atoms with Gasteiger partial charge in [-0.2, -0.15) is 0 Å². The molecule has 5 heteroatoms. The Morgan fingerprint density at radius 3 is 2.50 bits per heavy atom. The number of halogens is 1. The largest absolute Gasteiger partial charge is 0.355 e. The van der Waals surface area contributed by atoms with Gasteiger partial charge in [-0.1, -0.05) is 37.3 Å². The first-order chi connectivity index (χ1) is 11.1. The molecule has 1 aliphatic heterocycles. The molecule has 1 fully saturated rings. The van der Waals surface area contributed by atoms with E-state index < -0.39 is 0 Å². The van der Waals surface area contributed by atoms with Gasteiger partial charge >= 0.3 is 0 Å². The molecular weight excluding hydrogens is 322 g/mol. The zero-order valence-electron chi connectivity index (χ0n) is 13.9. The number of carbonyl (C=O) groups excluding carboxylic acids is 1. The third-order valence-corrected chi connectivity index (χ3v) is 4.55. The standard InChI is InChI=1S/C19H23N3O.ClH/c1-19(13-20)11-12-22(14-19)18(23)16-9-5-6-10-17(16)21-15-7-3-2-4-8-15;/h2-10,21H,11-14,20H2,1H3;1H. The minimum atomic E-state index is 0. The third-order valence-electron chi connectivity index (χ3n) is 4.55. The first kappa shape index (κ1) is 18.3. The number of hydrogen-bond donors (Lipinski definition) is 2. The number of likely N-dealkylation sites (tertiary alicyclic amines) is 1. The second kappa shape index (κ2) is 7.69. The Hall–Kier alpha value is -2.04. The molecule has 4 nitrogen and oxygen atoms in total. The van der Waals surface area contributed by atoms with Gasteiger partial charge in [-0.25, -0.2) is 0 Å². The van der Waals surface area contributed by atoms with Crippen LogP contribution in [0.4, 0.5) is 11.4 Å². The highest BCUT2D eigenvalue weighted by atomic mass is 35.5. The molecule has 128 valence electrons. The zero-order valence-corrected chi connectivity index (χ0v) is 14.7. The second-order valence-corrected chi connectivity index (χ2v) is 6.53. The normalized spacial score (nSPS) is 19.7. The smallest absolute Gasteiger partial charge is 0.255 e. The summed E-state index contributed by atoms with van der Waals surface area (Å²) in [6.07, 6.45) is 0.962. The van der Waals surface area contributed by atoms with Crippen molar-refractivity contribution in [2.75, 3.05) is 25.0 Å². The Morgan fingerprint density at radius 1 is 1.17 bits per heavy atom.